The van der Waals surface area contributed by atoms with E-state index in [-0.39, 0.29) is 6.10 Å². The highest BCUT2D eigenvalue weighted by atomic mass is 16.5. The first-order valence-electron chi connectivity index (χ1n) is 4.28. The van der Waals surface area contributed by atoms with Crippen LogP contribution in [0.1, 0.15) is 19.8 Å². The van der Waals surface area contributed by atoms with E-state index in [4.69, 9.17) is 9.47 Å². The van der Waals surface area contributed by atoms with Crippen molar-refractivity contribution in [3.05, 3.63) is 23.5 Å². The minimum Gasteiger partial charge on any atom is -0.501 e. The SMILES string of the molecule is CCC1=CC=C(OC)CC1OC. The molecule has 68 valence electrons. The standard InChI is InChI=1S/C10H16O2/c1-4-8-5-6-9(11-2)7-10(8)12-3/h5-6,10H,4,7H2,1-3H3. The fourth-order valence-electron chi connectivity index (χ4n) is 1.42. The van der Waals surface area contributed by atoms with Gasteiger partial charge in [0.25, 0.3) is 0 Å². The smallest absolute Gasteiger partial charge is 0.0984 e. The maximum atomic E-state index is 5.34. The molecule has 0 aliphatic heterocycles. The maximum Gasteiger partial charge on any atom is 0.0984 e. The van der Waals surface area contributed by atoms with Crippen molar-refractivity contribution in [1.82, 2.24) is 0 Å². The Kier molecular flexibility index (Phi) is 3.35. The fraction of sp³-hybridized carbons (Fsp3) is 0.600. The summed E-state index contributed by atoms with van der Waals surface area (Å²) in [6.45, 7) is 2.14. The highest BCUT2D eigenvalue weighted by Crippen LogP contribution is 2.23. The molecule has 2 nitrogen and oxygen atoms in total. The van der Waals surface area contributed by atoms with Crippen LogP contribution < -0.4 is 0 Å². The molecule has 0 N–H and O–H groups in total. The summed E-state index contributed by atoms with van der Waals surface area (Å²) in [5.41, 5.74) is 1.35. The van der Waals surface area contributed by atoms with E-state index in [0.29, 0.717) is 0 Å². The lowest BCUT2D eigenvalue weighted by atomic mass is 9.98. The minimum absolute atomic E-state index is 0.218. The van der Waals surface area contributed by atoms with Gasteiger partial charge in [-0.1, -0.05) is 13.0 Å². The van der Waals surface area contributed by atoms with Gasteiger partial charge in [0.15, 0.2) is 0 Å². The molecule has 0 fully saturated rings. The normalized spacial score (nSPS) is 23.1. The molecule has 1 rings (SSSR count). The summed E-state index contributed by atoms with van der Waals surface area (Å²) in [6, 6.07) is 0. The first kappa shape index (κ1) is 9.33. The zero-order chi connectivity index (χ0) is 8.97. The third-order valence-corrected chi connectivity index (χ3v) is 2.24. The van der Waals surface area contributed by atoms with E-state index in [0.717, 1.165) is 18.6 Å². The molecular weight excluding hydrogens is 152 g/mol. The summed E-state index contributed by atoms with van der Waals surface area (Å²) >= 11 is 0. The summed E-state index contributed by atoms with van der Waals surface area (Å²) in [5.74, 6) is 0.999. The quantitative estimate of drug-likeness (QED) is 0.643. The first-order chi connectivity index (χ1) is 5.81. The van der Waals surface area contributed by atoms with Gasteiger partial charge in [-0.2, -0.15) is 0 Å². The fourth-order valence-corrected chi connectivity index (χ4v) is 1.42. The van der Waals surface area contributed by atoms with Crippen LogP contribution in [0.4, 0.5) is 0 Å². The van der Waals surface area contributed by atoms with Gasteiger partial charge < -0.3 is 9.47 Å². The maximum absolute atomic E-state index is 5.34. The number of hydrogen-bond acceptors (Lipinski definition) is 2. The number of ether oxygens (including phenoxy) is 2. The van der Waals surface area contributed by atoms with E-state index in [1.165, 1.54) is 5.57 Å². The van der Waals surface area contributed by atoms with Crippen LogP contribution in [0.25, 0.3) is 0 Å². The predicted octanol–water partition coefficient (Wildman–Crippen LogP) is 2.27. The van der Waals surface area contributed by atoms with Gasteiger partial charge in [-0.05, 0) is 18.1 Å². The zero-order valence-electron chi connectivity index (χ0n) is 7.96. The van der Waals surface area contributed by atoms with E-state index >= 15 is 0 Å². The summed E-state index contributed by atoms with van der Waals surface area (Å²) in [7, 11) is 3.44. The second-order valence-electron chi connectivity index (χ2n) is 2.86. The Morgan fingerprint density at radius 1 is 1.42 bits per heavy atom. The molecule has 0 bridgehead atoms. The molecule has 1 aliphatic rings. The minimum atomic E-state index is 0.218. The molecule has 0 spiro atoms. The Labute approximate surface area is 73.9 Å². The van der Waals surface area contributed by atoms with Crippen LogP contribution in [-0.4, -0.2) is 20.3 Å². The molecule has 0 radical (unpaired) electrons. The third-order valence-electron chi connectivity index (χ3n) is 2.24. The van der Waals surface area contributed by atoms with Crippen LogP contribution in [-0.2, 0) is 9.47 Å². The highest BCUT2D eigenvalue weighted by molar-refractivity contribution is 5.25. The van der Waals surface area contributed by atoms with Crippen molar-refractivity contribution in [2.75, 3.05) is 14.2 Å². The topological polar surface area (TPSA) is 18.5 Å². The van der Waals surface area contributed by atoms with E-state index < -0.39 is 0 Å². The molecule has 12 heavy (non-hydrogen) atoms. The van der Waals surface area contributed by atoms with Crippen LogP contribution in [0, 0.1) is 0 Å². The molecule has 0 heterocycles. The summed E-state index contributed by atoms with van der Waals surface area (Å²) in [4.78, 5) is 0. The van der Waals surface area contributed by atoms with Crippen LogP contribution in [0.15, 0.2) is 23.5 Å². The second-order valence-corrected chi connectivity index (χ2v) is 2.86. The van der Waals surface area contributed by atoms with Crippen LogP contribution in [0.3, 0.4) is 0 Å². The van der Waals surface area contributed by atoms with Crippen molar-refractivity contribution < 1.29 is 9.47 Å². The Bertz CT molecular complexity index is 204. The Balaban J connectivity index is 2.70. The Morgan fingerprint density at radius 2 is 2.17 bits per heavy atom. The molecule has 0 amide bonds. The van der Waals surface area contributed by atoms with Gasteiger partial charge in [-0.25, -0.2) is 0 Å². The summed E-state index contributed by atoms with van der Waals surface area (Å²) < 4.78 is 10.5. The molecule has 0 aromatic heterocycles. The lowest BCUT2D eigenvalue weighted by Crippen LogP contribution is -2.17. The molecule has 2 heteroatoms. The molecule has 0 aromatic rings. The average Bonchev–Trinajstić information content (AvgIpc) is 2.16. The molecule has 0 saturated carbocycles. The predicted molar refractivity (Wildman–Crippen MR) is 48.9 cm³/mol. The number of allylic oxidation sites excluding steroid dienone is 2. The lowest BCUT2D eigenvalue weighted by Gasteiger charge is -2.22. The van der Waals surface area contributed by atoms with Gasteiger partial charge in [0.1, 0.15) is 0 Å². The van der Waals surface area contributed by atoms with E-state index in [9.17, 15) is 0 Å². The molecular formula is C10H16O2. The third kappa shape index (κ3) is 1.89. The van der Waals surface area contributed by atoms with Gasteiger partial charge in [-0.3, -0.25) is 0 Å². The second kappa shape index (κ2) is 4.31. The zero-order valence-corrected chi connectivity index (χ0v) is 7.96. The number of hydrogen-bond donors (Lipinski definition) is 0. The average molecular weight is 168 g/mol. The van der Waals surface area contributed by atoms with Gasteiger partial charge in [0.2, 0.25) is 0 Å². The number of rotatable bonds is 3. The van der Waals surface area contributed by atoms with Crippen molar-refractivity contribution in [3.63, 3.8) is 0 Å². The monoisotopic (exact) mass is 168 g/mol. The van der Waals surface area contributed by atoms with Crippen molar-refractivity contribution in [2.24, 2.45) is 0 Å². The lowest BCUT2D eigenvalue weighted by molar-refractivity contribution is 0.110. The Hall–Kier alpha value is -0.760. The largest absolute Gasteiger partial charge is 0.501 e. The van der Waals surface area contributed by atoms with Crippen molar-refractivity contribution >= 4 is 0 Å². The summed E-state index contributed by atoms with van der Waals surface area (Å²) in [6.07, 6.45) is 6.25. The van der Waals surface area contributed by atoms with Gasteiger partial charge in [0.05, 0.1) is 19.0 Å². The van der Waals surface area contributed by atoms with Crippen LogP contribution in [0.2, 0.25) is 0 Å². The van der Waals surface area contributed by atoms with Crippen molar-refractivity contribution in [2.45, 2.75) is 25.9 Å². The molecule has 0 saturated heterocycles. The van der Waals surface area contributed by atoms with Crippen molar-refractivity contribution in [1.29, 1.82) is 0 Å². The van der Waals surface area contributed by atoms with Crippen molar-refractivity contribution in [3.8, 4) is 0 Å². The highest BCUT2D eigenvalue weighted by Gasteiger charge is 2.17. The Morgan fingerprint density at radius 3 is 2.67 bits per heavy atom. The molecule has 1 atom stereocenters. The van der Waals surface area contributed by atoms with E-state index in [1.54, 1.807) is 14.2 Å². The van der Waals surface area contributed by atoms with Crippen LogP contribution >= 0.6 is 0 Å². The first-order valence-corrected chi connectivity index (χ1v) is 4.28. The van der Waals surface area contributed by atoms with E-state index in [1.807, 2.05) is 6.08 Å². The molecule has 1 aliphatic carbocycles. The van der Waals surface area contributed by atoms with Gasteiger partial charge in [0, 0.05) is 13.5 Å². The van der Waals surface area contributed by atoms with E-state index in [2.05, 4.69) is 13.0 Å². The van der Waals surface area contributed by atoms with Gasteiger partial charge >= 0.3 is 0 Å². The number of methoxy groups -OCH3 is 2. The molecule has 0 aromatic carbocycles. The summed E-state index contributed by atoms with van der Waals surface area (Å²) in [5, 5.41) is 0. The van der Waals surface area contributed by atoms with Gasteiger partial charge in [-0.15, -0.1) is 0 Å². The molecule has 1 unspecified atom stereocenters. The van der Waals surface area contributed by atoms with Crippen LogP contribution in [0.5, 0.6) is 0 Å².